The molecule has 3 rings (SSSR count). The molecule has 1 saturated heterocycles. The highest BCUT2D eigenvalue weighted by molar-refractivity contribution is 7.99. The van der Waals surface area contributed by atoms with Gasteiger partial charge >= 0.3 is 5.97 Å². The van der Waals surface area contributed by atoms with Crippen LogP contribution < -0.4 is 4.74 Å². The lowest BCUT2D eigenvalue weighted by Crippen LogP contribution is -2.42. The van der Waals surface area contributed by atoms with E-state index in [1.54, 1.807) is 25.3 Å². The van der Waals surface area contributed by atoms with Gasteiger partial charge in [0, 0.05) is 23.9 Å². The molecule has 0 spiro atoms. The van der Waals surface area contributed by atoms with Crippen LogP contribution in [0.2, 0.25) is 0 Å². The Hall–Kier alpha value is -1.90. The van der Waals surface area contributed by atoms with Crippen LogP contribution in [0, 0.1) is 17.7 Å². The van der Waals surface area contributed by atoms with Crippen molar-refractivity contribution in [3.8, 4) is 5.75 Å². The van der Waals surface area contributed by atoms with Gasteiger partial charge in [0.15, 0.2) is 0 Å². The fraction of sp³-hybridized carbons (Fsp3) is 0.615. The predicted octanol–water partition coefficient (Wildman–Crippen LogP) is 5.14. The van der Waals surface area contributed by atoms with Crippen molar-refractivity contribution in [3.05, 3.63) is 35.8 Å². The monoisotopic (exact) mass is 492 g/mol. The van der Waals surface area contributed by atoms with E-state index in [4.69, 9.17) is 4.74 Å². The first kappa shape index (κ1) is 26.7. The number of rotatable bonds is 13. The Labute approximate surface area is 205 Å². The Balaban J connectivity index is 1.63. The van der Waals surface area contributed by atoms with Crippen molar-refractivity contribution in [1.29, 1.82) is 0 Å². The molecule has 8 heteroatoms. The number of aliphatic hydroxyl groups excluding tert-OH is 1. The molecule has 0 aliphatic carbocycles. The molecule has 0 amide bonds. The van der Waals surface area contributed by atoms with Gasteiger partial charge in [-0.05, 0) is 86.7 Å². The molecule has 3 atom stereocenters. The van der Waals surface area contributed by atoms with Crippen molar-refractivity contribution in [3.63, 3.8) is 0 Å². The van der Waals surface area contributed by atoms with Crippen LogP contribution >= 0.6 is 11.8 Å². The third kappa shape index (κ3) is 7.30. The number of aromatic nitrogens is 1. The number of aliphatic carboxylic acids is 1. The quantitative estimate of drug-likeness (QED) is 0.375. The zero-order chi connectivity index (χ0) is 24.5. The molecule has 2 N–H and O–H groups in total. The van der Waals surface area contributed by atoms with Crippen LogP contribution in [0.5, 0.6) is 5.75 Å². The Morgan fingerprint density at radius 2 is 2.18 bits per heavy atom. The van der Waals surface area contributed by atoms with Crippen LogP contribution in [-0.2, 0) is 4.79 Å². The molecule has 1 aliphatic rings. The lowest BCUT2D eigenvalue weighted by molar-refractivity contribution is -0.139. The van der Waals surface area contributed by atoms with Gasteiger partial charge in [-0.1, -0.05) is 6.92 Å². The van der Waals surface area contributed by atoms with Crippen LogP contribution in [0.1, 0.15) is 57.1 Å². The maximum Gasteiger partial charge on any atom is 0.303 e. The number of likely N-dealkylation sites (tertiary alicyclic amines) is 1. The molecule has 1 fully saturated rings. The second-order valence-electron chi connectivity index (χ2n) is 9.17. The predicted molar refractivity (Wildman–Crippen MR) is 135 cm³/mol. The molecule has 1 aromatic heterocycles. The third-order valence-corrected chi connectivity index (χ3v) is 8.01. The van der Waals surface area contributed by atoms with Gasteiger partial charge in [-0.25, -0.2) is 4.39 Å². The summed E-state index contributed by atoms with van der Waals surface area (Å²) in [6, 6.07) is 5.22. The van der Waals surface area contributed by atoms with Crippen molar-refractivity contribution < 1.29 is 24.1 Å². The maximum atomic E-state index is 14.7. The zero-order valence-electron chi connectivity index (χ0n) is 20.2. The molecule has 1 aliphatic heterocycles. The van der Waals surface area contributed by atoms with E-state index in [1.807, 2.05) is 11.8 Å². The first-order valence-corrected chi connectivity index (χ1v) is 13.4. The molecular formula is C26H37FN2O4S. The normalized spacial score (nSPS) is 19.9. The van der Waals surface area contributed by atoms with E-state index < -0.39 is 17.9 Å². The minimum absolute atomic E-state index is 0.0425. The lowest BCUT2D eigenvalue weighted by Gasteiger charge is -2.38. The van der Waals surface area contributed by atoms with Crippen LogP contribution in [0.25, 0.3) is 10.9 Å². The number of ether oxygens (including phenoxy) is 1. The number of piperidine rings is 1. The molecule has 0 radical (unpaired) electrons. The van der Waals surface area contributed by atoms with Gasteiger partial charge in [-0.15, -0.1) is 0 Å². The summed E-state index contributed by atoms with van der Waals surface area (Å²) >= 11 is 1.98. The van der Waals surface area contributed by atoms with Gasteiger partial charge in [0.2, 0.25) is 0 Å². The average molecular weight is 493 g/mol. The van der Waals surface area contributed by atoms with Crippen molar-refractivity contribution in [2.24, 2.45) is 11.8 Å². The lowest BCUT2D eigenvalue weighted by atomic mass is 9.79. The summed E-state index contributed by atoms with van der Waals surface area (Å²) < 4.78 is 20.0. The maximum absolute atomic E-state index is 14.7. The van der Waals surface area contributed by atoms with Crippen LogP contribution in [0.3, 0.4) is 0 Å². The summed E-state index contributed by atoms with van der Waals surface area (Å²) in [5.41, 5.74) is 0.839. The Bertz CT molecular complexity index is 944. The molecular weight excluding hydrogens is 455 g/mol. The van der Waals surface area contributed by atoms with Gasteiger partial charge in [-0.2, -0.15) is 11.8 Å². The molecule has 0 bridgehead atoms. The number of hydrogen-bond donors (Lipinski definition) is 2. The van der Waals surface area contributed by atoms with E-state index in [9.17, 15) is 19.4 Å². The number of hydrogen-bond acceptors (Lipinski definition) is 6. The Morgan fingerprint density at radius 3 is 2.91 bits per heavy atom. The number of thioether (sulfide) groups is 1. The van der Waals surface area contributed by atoms with Crippen LogP contribution in [0.4, 0.5) is 4.39 Å². The number of carboxylic acids is 1. The van der Waals surface area contributed by atoms with Gasteiger partial charge in [-0.3, -0.25) is 9.78 Å². The largest absolute Gasteiger partial charge is 0.497 e. The smallest absolute Gasteiger partial charge is 0.303 e. The molecule has 2 heterocycles. The number of carbonyl (C=O) groups is 1. The van der Waals surface area contributed by atoms with E-state index in [1.165, 1.54) is 12.2 Å². The number of carboxylic acid groups (broad SMARTS) is 1. The zero-order valence-corrected chi connectivity index (χ0v) is 21.0. The van der Waals surface area contributed by atoms with E-state index >= 15 is 0 Å². The molecule has 34 heavy (non-hydrogen) atoms. The number of halogens is 1. The fourth-order valence-corrected chi connectivity index (χ4v) is 5.81. The average Bonchev–Trinajstić information content (AvgIpc) is 2.82. The Morgan fingerprint density at radius 1 is 1.35 bits per heavy atom. The molecule has 6 nitrogen and oxygen atoms in total. The van der Waals surface area contributed by atoms with E-state index in [0.29, 0.717) is 29.5 Å². The molecule has 3 unspecified atom stereocenters. The van der Waals surface area contributed by atoms with Crippen LogP contribution in [0.15, 0.2) is 24.4 Å². The molecule has 2 aromatic rings. The van der Waals surface area contributed by atoms with Gasteiger partial charge in [0.25, 0.3) is 0 Å². The Kier molecular flexibility index (Phi) is 10.4. The van der Waals surface area contributed by atoms with Crippen molar-refractivity contribution >= 4 is 28.6 Å². The summed E-state index contributed by atoms with van der Waals surface area (Å²) in [5, 5.41) is 21.0. The second kappa shape index (κ2) is 13.3. The molecule has 0 saturated carbocycles. The number of fused-ring (bicyclic) bond motifs is 1. The summed E-state index contributed by atoms with van der Waals surface area (Å²) in [6.07, 6.45) is 4.54. The number of aliphatic hydroxyl groups is 1. The number of methoxy groups -OCH3 is 1. The number of nitrogens with zero attached hydrogens (tertiary/aromatic N) is 2. The van der Waals surface area contributed by atoms with E-state index in [-0.39, 0.29) is 23.8 Å². The van der Waals surface area contributed by atoms with Crippen molar-refractivity contribution in [1.82, 2.24) is 9.88 Å². The second-order valence-corrected chi connectivity index (χ2v) is 10.4. The standard InChI is InChI=1S/C26H37FN2O4S/c1-3-12-34-13-4-10-29-11-9-18(19(17-29)14-25(31)32)5-8-24(30)26-21-15-20(33-2)6-7-23(21)28-16-22(26)27/h6-7,15-16,18-19,24,30H,3-5,8-14,17H2,1-2H3,(H,31,32). The highest BCUT2D eigenvalue weighted by atomic mass is 32.2. The first-order valence-electron chi connectivity index (χ1n) is 12.2. The first-order chi connectivity index (χ1) is 16.4. The highest BCUT2D eigenvalue weighted by Gasteiger charge is 2.31. The molecule has 1 aromatic carbocycles. The topological polar surface area (TPSA) is 82.9 Å². The van der Waals surface area contributed by atoms with Crippen LogP contribution in [-0.4, -0.2) is 64.3 Å². The van der Waals surface area contributed by atoms with Gasteiger partial charge in [0.1, 0.15) is 11.6 Å². The highest BCUT2D eigenvalue weighted by Crippen LogP contribution is 2.35. The van der Waals surface area contributed by atoms with Gasteiger partial charge in [0.05, 0.1) is 24.9 Å². The summed E-state index contributed by atoms with van der Waals surface area (Å²) in [4.78, 5) is 18.0. The van der Waals surface area contributed by atoms with E-state index in [0.717, 1.165) is 44.4 Å². The minimum atomic E-state index is -0.989. The minimum Gasteiger partial charge on any atom is -0.497 e. The summed E-state index contributed by atoms with van der Waals surface area (Å²) in [5.74, 6) is 1.82. The van der Waals surface area contributed by atoms with Gasteiger partial charge < -0.3 is 19.8 Å². The van der Waals surface area contributed by atoms with Crippen molar-refractivity contribution in [2.45, 2.75) is 51.6 Å². The number of benzene rings is 1. The third-order valence-electron chi connectivity index (χ3n) is 6.74. The number of pyridine rings is 1. The molecule has 188 valence electrons. The summed E-state index contributed by atoms with van der Waals surface area (Å²) in [7, 11) is 1.54. The van der Waals surface area contributed by atoms with Crippen molar-refractivity contribution in [2.75, 3.05) is 38.2 Å². The van der Waals surface area contributed by atoms with E-state index in [2.05, 4.69) is 16.8 Å². The SMILES string of the molecule is CCCSCCCN1CCC(CCC(O)c2c(F)cnc3ccc(OC)cc23)C(CC(=O)O)C1. The fourth-order valence-electron chi connectivity index (χ4n) is 4.98. The summed E-state index contributed by atoms with van der Waals surface area (Å²) in [6.45, 7) is 4.90.